The van der Waals surface area contributed by atoms with Gasteiger partial charge in [-0.25, -0.2) is 4.98 Å². The van der Waals surface area contributed by atoms with Gasteiger partial charge < -0.3 is 10.6 Å². The normalized spacial score (nSPS) is 10.2. The van der Waals surface area contributed by atoms with Crippen LogP contribution in [0.25, 0.3) is 0 Å². The highest BCUT2D eigenvalue weighted by Crippen LogP contribution is 2.21. The van der Waals surface area contributed by atoms with Gasteiger partial charge in [0.2, 0.25) is 5.95 Å². The first-order valence-electron chi connectivity index (χ1n) is 7.37. The van der Waals surface area contributed by atoms with Gasteiger partial charge in [-0.15, -0.1) is 0 Å². The van der Waals surface area contributed by atoms with Gasteiger partial charge in [-0.2, -0.15) is 4.98 Å². The van der Waals surface area contributed by atoms with E-state index in [1.165, 1.54) is 30.5 Å². The van der Waals surface area contributed by atoms with Crippen LogP contribution in [0.1, 0.15) is 0 Å². The molecule has 0 unspecified atom stereocenters. The third-order valence-electron chi connectivity index (χ3n) is 3.34. The van der Waals surface area contributed by atoms with Crippen LogP contribution >= 0.6 is 0 Å². The molecule has 0 saturated heterocycles. The van der Waals surface area contributed by atoms with E-state index in [9.17, 15) is 20.2 Å². The lowest BCUT2D eigenvalue weighted by Crippen LogP contribution is -2.00. The first-order valence-corrected chi connectivity index (χ1v) is 7.37. The van der Waals surface area contributed by atoms with Gasteiger partial charge in [0, 0.05) is 41.8 Å². The summed E-state index contributed by atoms with van der Waals surface area (Å²) >= 11 is 0. The van der Waals surface area contributed by atoms with Gasteiger partial charge in [-0.05, 0) is 30.3 Å². The van der Waals surface area contributed by atoms with E-state index in [0.717, 1.165) is 0 Å². The number of nitrogens with zero attached hydrogens (tertiary/aromatic N) is 4. The van der Waals surface area contributed by atoms with E-state index in [1.807, 2.05) is 0 Å². The van der Waals surface area contributed by atoms with Crippen molar-refractivity contribution in [3.63, 3.8) is 0 Å². The Balaban J connectivity index is 1.71. The molecule has 0 aliphatic rings. The molecular formula is C16H12N6O4. The summed E-state index contributed by atoms with van der Waals surface area (Å²) in [5.41, 5.74) is 1.22. The molecule has 3 aromatic rings. The van der Waals surface area contributed by atoms with Crippen molar-refractivity contribution in [2.45, 2.75) is 0 Å². The fourth-order valence-electron chi connectivity index (χ4n) is 2.10. The second-order valence-corrected chi connectivity index (χ2v) is 5.12. The largest absolute Gasteiger partial charge is 0.340 e. The number of benzene rings is 2. The van der Waals surface area contributed by atoms with Crippen molar-refractivity contribution in [1.82, 2.24) is 9.97 Å². The summed E-state index contributed by atoms with van der Waals surface area (Å²) < 4.78 is 0. The van der Waals surface area contributed by atoms with Gasteiger partial charge in [0.25, 0.3) is 11.4 Å². The highest BCUT2D eigenvalue weighted by atomic mass is 16.6. The standard InChI is InChI=1S/C16H12N6O4/c23-21(24)13-5-1-11(2-6-13)18-15-9-10-17-16(20-15)19-12-3-7-14(8-4-12)22(25)26/h1-10H,(H2,17,18,19,20). The van der Waals surface area contributed by atoms with Crippen LogP contribution in [0.15, 0.2) is 60.8 Å². The summed E-state index contributed by atoms with van der Waals surface area (Å²) in [5, 5.41) is 27.3. The Kier molecular flexibility index (Phi) is 4.65. The van der Waals surface area contributed by atoms with Gasteiger partial charge in [0.1, 0.15) is 5.82 Å². The van der Waals surface area contributed by atoms with E-state index in [0.29, 0.717) is 23.1 Å². The minimum Gasteiger partial charge on any atom is -0.340 e. The molecule has 3 rings (SSSR count). The van der Waals surface area contributed by atoms with Crippen molar-refractivity contribution >= 4 is 34.5 Å². The topological polar surface area (TPSA) is 136 Å². The number of hydrogen-bond acceptors (Lipinski definition) is 8. The van der Waals surface area contributed by atoms with Crippen molar-refractivity contribution < 1.29 is 9.85 Å². The lowest BCUT2D eigenvalue weighted by molar-refractivity contribution is -0.385. The second-order valence-electron chi connectivity index (χ2n) is 5.12. The molecular weight excluding hydrogens is 340 g/mol. The number of aromatic nitrogens is 2. The monoisotopic (exact) mass is 352 g/mol. The lowest BCUT2D eigenvalue weighted by atomic mass is 10.3. The fraction of sp³-hybridized carbons (Fsp3) is 0. The first kappa shape index (κ1) is 16.8. The zero-order chi connectivity index (χ0) is 18.5. The number of nitrogens with one attached hydrogen (secondary N) is 2. The summed E-state index contributed by atoms with van der Waals surface area (Å²) in [6.45, 7) is 0. The van der Waals surface area contributed by atoms with Crippen LogP contribution in [0.3, 0.4) is 0 Å². The molecule has 0 amide bonds. The van der Waals surface area contributed by atoms with Crippen LogP contribution < -0.4 is 10.6 Å². The highest BCUT2D eigenvalue weighted by Gasteiger charge is 2.07. The maximum absolute atomic E-state index is 10.7. The van der Waals surface area contributed by atoms with Crippen molar-refractivity contribution in [3.8, 4) is 0 Å². The maximum Gasteiger partial charge on any atom is 0.269 e. The molecule has 1 heterocycles. The molecule has 2 aromatic carbocycles. The van der Waals surface area contributed by atoms with Crippen LogP contribution in [-0.2, 0) is 0 Å². The lowest BCUT2D eigenvalue weighted by Gasteiger charge is -2.08. The van der Waals surface area contributed by atoms with E-state index in [1.54, 1.807) is 30.3 Å². The van der Waals surface area contributed by atoms with E-state index >= 15 is 0 Å². The van der Waals surface area contributed by atoms with Crippen molar-refractivity contribution in [3.05, 3.63) is 81.0 Å². The zero-order valence-electron chi connectivity index (χ0n) is 13.2. The number of nitro benzene ring substituents is 2. The third kappa shape index (κ3) is 4.06. The van der Waals surface area contributed by atoms with Gasteiger partial charge in [-0.3, -0.25) is 20.2 Å². The SMILES string of the molecule is O=[N+]([O-])c1ccc(Nc2ccnc(Nc3ccc([N+](=O)[O-])cc3)n2)cc1. The smallest absolute Gasteiger partial charge is 0.269 e. The molecule has 0 radical (unpaired) electrons. The number of rotatable bonds is 6. The maximum atomic E-state index is 10.7. The third-order valence-corrected chi connectivity index (χ3v) is 3.34. The molecule has 1 aromatic heterocycles. The number of non-ortho nitro benzene ring substituents is 2. The fourth-order valence-corrected chi connectivity index (χ4v) is 2.10. The number of anilines is 4. The van der Waals surface area contributed by atoms with Crippen LogP contribution in [-0.4, -0.2) is 19.8 Å². The molecule has 0 aliphatic carbocycles. The summed E-state index contributed by atoms with van der Waals surface area (Å²) in [6.07, 6.45) is 1.54. The first-order chi connectivity index (χ1) is 12.5. The predicted molar refractivity (Wildman–Crippen MR) is 94.8 cm³/mol. The molecule has 0 saturated carbocycles. The molecule has 130 valence electrons. The van der Waals surface area contributed by atoms with Gasteiger partial charge in [-0.1, -0.05) is 0 Å². The minimum atomic E-state index is -0.477. The molecule has 10 heteroatoms. The summed E-state index contributed by atoms with van der Waals surface area (Å²) in [6, 6.07) is 13.4. The molecule has 26 heavy (non-hydrogen) atoms. The van der Waals surface area contributed by atoms with E-state index in [-0.39, 0.29) is 11.4 Å². The quantitative estimate of drug-likeness (QED) is 0.505. The summed E-state index contributed by atoms with van der Waals surface area (Å²) in [5.74, 6) is 0.782. The Hall–Kier alpha value is -4.08. The number of hydrogen-bond donors (Lipinski definition) is 2. The van der Waals surface area contributed by atoms with Gasteiger partial charge >= 0.3 is 0 Å². The molecule has 10 nitrogen and oxygen atoms in total. The zero-order valence-corrected chi connectivity index (χ0v) is 13.2. The Morgan fingerprint density at radius 3 is 1.73 bits per heavy atom. The average Bonchev–Trinajstić information content (AvgIpc) is 2.63. The second kappa shape index (κ2) is 7.21. The van der Waals surface area contributed by atoms with E-state index < -0.39 is 9.85 Å². The Morgan fingerprint density at radius 2 is 1.23 bits per heavy atom. The van der Waals surface area contributed by atoms with Crippen molar-refractivity contribution in [2.75, 3.05) is 10.6 Å². The van der Waals surface area contributed by atoms with Crippen LogP contribution in [0.4, 0.5) is 34.5 Å². The van der Waals surface area contributed by atoms with E-state index in [4.69, 9.17) is 0 Å². The van der Waals surface area contributed by atoms with Crippen LogP contribution in [0.2, 0.25) is 0 Å². The molecule has 2 N–H and O–H groups in total. The van der Waals surface area contributed by atoms with Crippen LogP contribution in [0, 0.1) is 20.2 Å². The van der Waals surface area contributed by atoms with Crippen molar-refractivity contribution in [2.24, 2.45) is 0 Å². The molecule has 0 spiro atoms. The van der Waals surface area contributed by atoms with Crippen LogP contribution in [0.5, 0.6) is 0 Å². The van der Waals surface area contributed by atoms with Gasteiger partial charge in [0.15, 0.2) is 0 Å². The Morgan fingerprint density at radius 1 is 0.731 bits per heavy atom. The summed E-state index contributed by atoms with van der Waals surface area (Å²) in [4.78, 5) is 28.7. The van der Waals surface area contributed by atoms with E-state index in [2.05, 4.69) is 20.6 Å². The minimum absolute atomic E-state index is 0.00114. The van der Waals surface area contributed by atoms with Crippen molar-refractivity contribution in [1.29, 1.82) is 0 Å². The summed E-state index contributed by atoms with van der Waals surface area (Å²) in [7, 11) is 0. The molecule has 0 fully saturated rings. The molecule has 0 bridgehead atoms. The molecule has 0 aliphatic heterocycles. The highest BCUT2D eigenvalue weighted by molar-refractivity contribution is 5.61. The Labute approximate surface area is 146 Å². The predicted octanol–water partition coefficient (Wildman–Crippen LogP) is 3.78. The van der Waals surface area contributed by atoms with Gasteiger partial charge in [0.05, 0.1) is 9.85 Å². The average molecular weight is 352 g/mol. The molecule has 0 atom stereocenters. The number of nitro groups is 2. The Bertz CT molecular complexity index is 869.